The second-order valence-corrected chi connectivity index (χ2v) is 11.3. The van der Waals surface area contributed by atoms with Crippen molar-refractivity contribution in [1.82, 2.24) is 10.6 Å². The first-order valence-corrected chi connectivity index (χ1v) is 12.4. The average Bonchev–Trinajstić information content (AvgIpc) is 3.56. The Morgan fingerprint density at radius 2 is 1.64 bits per heavy atom. The SMILES string of the molecule is Cc1ccc(OCC(C)(C)NC(=O)OC(C)(C)C)cc1C(=O)NC1(c2cccc3ccccc23)CC1. The van der Waals surface area contributed by atoms with Crippen molar-refractivity contribution >= 4 is 22.8 Å². The number of amides is 2. The number of carbonyl (C=O) groups is 2. The van der Waals surface area contributed by atoms with Gasteiger partial charge in [-0.15, -0.1) is 0 Å². The molecule has 0 aliphatic heterocycles. The number of carbonyl (C=O) groups excluding carboxylic acids is 2. The molecule has 190 valence electrons. The molecule has 3 aromatic rings. The number of hydrogen-bond donors (Lipinski definition) is 2. The van der Waals surface area contributed by atoms with Crippen LogP contribution < -0.4 is 15.4 Å². The van der Waals surface area contributed by atoms with Gasteiger partial charge in [0, 0.05) is 5.56 Å². The van der Waals surface area contributed by atoms with Gasteiger partial charge in [0.2, 0.25) is 0 Å². The second kappa shape index (κ2) is 9.49. The molecule has 1 aliphatic carbocycles. The topological polar surface area (TPSA) is 76.7 Å². The molecule has 0 radical (unpaired) electrons. The van der Waals surface area contributed by atoms with Crippen LogP contribution in [0.25, 0.3) is 10.8 Å². The number of benzene rings is 3. The van der Waals surface area contributed by atoms with Gasteiger partial charge >= 0.3 is 6.09 Å². The van der Waals surface area contributed by atoms with E-state index in [4.69, 9.17) is 9.47 Å². The van der Waals surface area contributed by atoms with Crippen molar-refractivity contribution in [3.63, 3.8) is 0 Å². The third-order valence-electron chi connectivity index (χ3n) is 6.30. The first-order chi connectivity index (χ1) is 16.9. The predicted molar refractivity (Wildman–Crippen MR) is 142 cm³/mol. The van der Waals surface area contributed by atoms with Crippen LogP contribution in [0.2, 0.25) is 0 Å². The predicted octanol–water partition coefficient (Wildman–Crippen LogP) is 6.25. The summed E-state index contributed by atoms with van der Waals surface area (Å²) in [4.78, 5) is 25.6. The molecule has 0 unspecified atom stereocenters. The van der Waals surface area contributed by atoms with Crippen molar-refractivity contribution < 1.29 is 19.1 Å². The van der Waals surface area contributed by atoms with Gasteiger partial charge < -0.3 is 20.1 Å². The van der Waals surface area contributed by atoms with Crippen LogP contribution in [0.1, 0.15) is 68.9 Å². The van der Waals surface area contributed by atoms with Crippen LogP contribution in [0.3, 0.4) is 0 Å². The van der Waals surface area contributed by atoms with Crippen molar-refractivity contribution in [2.24, 2.45) is 0 Å². The van der Waals surface area contributed by atoms with Crippen molar-refractivity contribution in [3.8, 4) is 5.75 Å². The quantitative estimate of drug-likeness (QED) is 0.412. The monoisotopic (exact) mass is 488 g/mol. The summed E-state index contributed by atoms with van der Waals surface area (Å²) in [5.41, 5.74) is 1.03. The summed E-state index contributed by atoms with van der Waals surface area (Å²) in [6.07, 6.45) is 1.32. The fourth-order valence-corrected chi connectivity index (χ4v) is 4.33. The average molecular weight is 489 g/mol. The van der Waals surface area contributed by atoms with Crippen molar-refractivity contribution in [1.29, 1.82) is 0 Å². The molecule has 36 heavy (non-hydrogen) atoms. The van der Waals surface area contributed by atoms with Crippen LogP contribution in [-0.4, -0.2) is 29.7 Å². The highest BCUT2D eigenvalue weighted by Crippen LogP contribution is 2.48. The molecule has 6 nitrogen and oxygen atoms in total. The van der Waals surface area contributed by atoms with Crippen LogP contribution in [0.4, 0.5) is 4.79 Å². The Hall–Kier alpha value is -3.54. The van der Waals surface area contributed by atoms with E-state index in [1.165, 1.54) is 10.8 Å². The van der Waals surface area contributed by atoms with E-state index in [1.807, 2.05) is 65.8 Å². The Kier molecular flexibility index (Phi) is 6.74. The minimum atomic E-state index is -0.665. The smallest absolute Gasteiger partial charge is 0.408 e. The molecule has 0 aromatic heterocycles. The zero-order chi connectivity index (χ0) is 26.1. The maximum absolute atomic E-state index is 13.4. The van der Waals surface area contributed by atoms with E-state index in [1.54, 1.807) is 6.07 Å². The minimum absolute atomic E-state index is 0.116. The largest absolute Gasteiger partial charge is 0.491 e. The number of hydrogen-bond acceptors (Lipinski definition) is 4. The zero-order valence-electron chi connectivity index (χ0n) is 22.0. The van der Waals surface area contributed by atoms with Gasteiger partial charge in [0.05, 0.1) is 11.1 Å². The summed E-state index contributed by atoms with van der Waals surface area (Å²) < 4.78 is 11.3. The number of alkyl carbamates (subject to hydrolysis) is 1. The fourth-order valence-electron chi connectivity index (χ4n) is 4.33. The highest BCUT2D eigenvalue weighted by molar-refractivity contribution is 5.97. The highest BCUT2D eigenvalue weighted by Gasteiger charge is 2.46. The van der Waals surface area contributed by atoms with Gasteiger partial charge in [-0.1, -0.05) is 48.5 Å². The lowest BCUT2D eigenvalue weighted by molar-refractivity contribution is 0.0441. The Morgan fingerprint density at radius 1 is 0.944 bits per heavy atom. The molecule has 0 saturated heterocycles. The van der Waals surface area contributed by atoms with E-state index in [9.17, 15) is 9.59 Å². The Balaban J connectivity index is 1.46. The lowest BCUT2D eigenvalue weighted by Crippen LogP contribution is -2.49. The van der Waals surface area contributed by atoms with Crippen LogP contribution in [0, 0.1) is 6.92 Å². The summed E-state index contributed by atoms with van der Waals surface area (Å²) in [6.45, 7) is 11.3. The molecule has 1 aliphatic rings. The number of fused-ring (bicyclic) bond motifs is 1. The van der Waals surface area contributed by atoms with E-state index in [0.29, 0.717) is 11.3 Å². The first-order valence-electron chi connectivity index (χ1n) is 12.4. The first kappa shape index (κ1) is 25.5. The van der Waals surface area contributed by atoms with Gasteiger partial charge in [0.1, 0.15) is 18.0 Å². The summed E-state index contributed by atoms with van der Waals surface area (Å²) in [7, 11) is 0. The van der Waals surface area contributed by atoms with E-state index in [0.717, 1.165) is 24.0 Å². The summed E-state index contributed by atoms with van der Waals surface area (Å²) in [6, 6.07) is 20.0. The van der Waals surface area contributed by atoms with Gasteiger partial charge in [-0.05, 0) is 88.4 Å². The summed E-state index contributed by atoms with van der Waals surface area (Å²) >= 11 is 0. The van der Waals surface area contributed by atoms with Crippen LogP contribution >= 0.6 is 0 Å². The number of nitrogens with one attached hydrogen (secondary N) is 2. The second-order valence-electron chi connectivity index (χ2n) is 11.3. The molecule has 3 aromatic carbocycles. The zero-order valence-corrected chi connectivity index (χ0v) is 22.0. The van der Waals surface area contributed by atoms with Crippen LogP contribution in [0.15, 0.2) is 60.7 Å². The number of aryl methyl sites for hydroxylation is 1. The van der Waals surface area contributed by atoms with Crippen molar-refractivity contribution in [2.45, 2.75) is 71.1 Å². The van der Waals surface area contributed by atoms with Crippen molar-refractivity contribution in [2.75, 3.05) is 6.61 Å². The highest BCUT2D eigenvalue weighted by atomic mass is 16.6. The van der Waals surface area contributed by atoms with Gasteiger partial charge in [-0.25, -0.2) is 4.79 Å². The van der Waals surface area contributed by atoms with Crippen LogP contribution in [0.5, 0.6) is 5.75 Å². The molecule has 2 amide bonds. The van der Waals surface area contributed by atoms with Gasteiger partial charge in [0.25, 0.3) is 5.91 Å². The Bertz CT molecular complexity index is 1280. The Labute approximate surface area is 213 Å². The molecule has 2 N–H and O–H groups in total. The molecular formula is C30H36N2O4. The van der Waals surface area contributed by atoms with Gasteiger partial charge in [-0.3, -0.25) is 4.79 Å². The third-order valence-corrected chi connectivity index (χ3v) is 6.30. The third kappa shape index (κ3) is 5.99. The fraction of sp³-hybridized carbons (Fsp3) is 0.400. The summed E-state index contributed by atoms with van der Waals surface area (Å²) in [5, 5.41) is 8.49. The maximum atomic E-state index is 13.4. The number of rotatable bonds is 7. The van der Waals surface area contributed by atoms with Crippen molar-refractivity contribution in [3.05, 3.63) is 77.4 Å². The molecule has 0 bridgehead atoms. The molecule has 0 heterocycles. The molecule has 1 saturated carbocycles. The van der Waals surface area contributed by atoms with Gasteiger partial charge in [-0.2, -0.15) is 0 Å². The molecule has 1 fully saturated rings. The van der Waals surface area contributed by atoms with E-state index in [-0.39, 0.29) is 18.1 Å². The standard InChI is InChI=1S/C30H36N2O4/c1-20-14-15-22(35-19-29(5,6)32-27(34)36-28(2,3)4)18-24(20)26(33)31-30(16-17-30)25-13-9-11-21-10-7-8-12-23(21)25/h7-15,18H,16-17,19H2,1-6H3,(H,31,33)(H,32,34). The summed E-state index contributed by atoms with van der Waals surface area (Å²) in [5.74, 6) is 0.453. The minimum Gasteiger partial charge on any atom is -0.491 e. The lowest BCUT2D eigenvalue weighted by atomic mass is 9.96. The number of ether oxygens (including phenoxy) is 2. The maximum Gasteiger partial charge on any atom is 0.408 e. The lowest BCUT2D eigenvalue weighted by Gasteiger charge is -2.28. The van der Waals surface area contributed by atoms with E-state index >= 15 is 0 Å². The molecule has 6 heteroatoms. The Morgan fingerprint density at radius 3 is 2.33 bits per heavy atom. The normalized spacial score (nSPS) is 14.7. The van der Waals surface area contributed by atoms with E-state index < -0.39 is 17.2 Å². The van der Waals surface area contributed by atoms with Gasteiger partial charge in [0.15, 0.2) is 0 Å². The molecular weight excluding hydrogens is 452 g/mol. The molecule has 0 spiro atoms. The van der Waals surface area contributed by atoms with Crippen LogP contribution in [-0.2, 0) is 10.3 Å². The van der Waals surface area contributed by atoms with E-state index in [2.05, 4.69) is 41.0 Å². The molecule has 0 atom stereocenters. The molecule has 4 rings (SSSR count).